The maximum Gasteiger partial charge on any atom is 0.407 e. The summed E-state index contributed by atoms with van der Waals surface area (Å²) in [6, 6.07) is 6.46. The molecule has 0 heterocycles. The molecule has 0 bridgehead atoms. The molecule has 0 radical (unpaired) electrons. The third kappa shape index (κ3) is 7.32. The van der Waals surface area contributed by atoms with E-state index in [-0.39, 0.29) is 19.8 Å². The lowest BCUT2D eigenvalue weighted by Gasteiger charge is -2.22. The highest BCUT2D eigenvalue weighted by Gasteiger charge is 2.21. The summed E-state index contributed by atoms with van der Waals surface area (Å²) < 4.78 is 10.3. The summed E-state index contributed by atoms with van der Waals surface area (Å²) in [5, 5.41) is 31.1. The van der Waals surface area contributed by atoms with Crippen LogP contribution < -0.4 is 10.1 Å². The highest BCUT2D eigenvalue weighted by Crippen LogP contribution is 2.20. The molecule has 0 saturated carbocycles. The van der Waals surface area contributed by atoms with E-state index in [4.69, 9.17) is 14.6 Å². The van der Waals surface area contributed by atoms with Crippen molar-refractivity contribution in [1.29, 1.82) is 0 Å². The minimum atomic E-state index is -1.17. The van der Waals surface area contributed by atoms with Gasteiger partial charge in [-0.25, -0.2) is 4.79 Å². The van der Waals surface area contributed by atoms with Crippen molar-refractivity contribution in [2.75, 3.05) is 19.8 Å². The van der Waals surface area contributed by atoms with Crippen molar-refractivity contribution < 1.29 is 29.6 Å². The second-order valence-corrected chi connectivity index (χ2v) is 6.04. The van der Waals surface area contributed by atoms with Crippen LogP contribution in [0.15, 0.2) is 24.3 Å². The van der Waals surface area contributed by atoms with Crippen LogP contribution >= 0.6 is 0 Å². The molecule has 1 aromatic carbocycles. The van der Waals surface area contributed by atoms with Crippen molar-refractivity contribution in [3.8, 4) is 5.75 Å². The van der Waals surface area contributed by atoms with Gasteiger partial charge in [0.15, 0.2) is 0 Å². The second kappa shape index (κ2) is 8.71. The maximum atomic E-state index is 11.5. The third-order valence-electron chi connectivity index (χ3n) is 2.80. The van der Waals surface area contributed by atoms with Gasteiger partial charge < -0.3 is 30.1 Å². The molecule has 0 fully saturated rings. The van der Waals surface area contributed by atoms with Crippen molar-refractivity contribution in [1.82, 2.24) is 5.32 Å². The number of carbonyl (C=O) groups excluding carboxylic acids is 1. The monoisotopic (exact) mass is 327 g/mol. The van der Waals surface area contributed by atoms with E-state index in [1.807, 2.05) is 0 Å². The molecule has 2 unspecified atom stereocenters. The number of benzene rings is 1. The molecule has 23 heavy (non-hydrogen) atoms. The van der Waals surface area contributed by atoms with Crippen molar-refractivity contribution >= 4 is 6.09 Å². The van der Waals surface area contributed by atoms with Gasteiger partial charge in [-0.3, -0.25) is 0 Å². The van der Waals surface area contributed by atoms with E-state index in [0.29, 0.717) is 11.3 Å². The minimum Gasteiger partial charge on any atom is -0.491 e. The lowest BCUT2D eigenvalue weighted by Crippen LogP contribution is -2.38. The van der Waals surface area contributed by atoms with Gasteiger partial charge in [0.25, 0.3) is 0 Å². The fraction of sp³-hybridized carbons (Fsp3) is 0.562. The summed E-state index contributed by atoms with van der Waals surface area (Å²) in [6.07, 6.45) is -2.99. The first-order valence-corrected chi connectivity index (χ1v) is 7.39. The zero-order valence-corrected chi connectivity index (χ0v) is 13.7. The number of nitrogens with one attached hydrogen (secondary N) is 1. The first-order valence-electron chi connectivity index (χ1n) is 7.39. The van der Waals surface area contributed by atoms with Gasteiger partial charge in [-0.15, -0.1) is 0 Å². The van der Waals surface area contributed by atoms with Gasteiger partial charge in [0.05, 0.1) is 6.61 Å². The summed E-state index contributed by atoms with van der Waals surface area (Å²) >= 11 is 0. The van der Waals surface area contributed by atoms with E-state index >= 15 is 0 Å². The quantitative estimate of drug-likeness (QED) is 0.594. The fourth-order valence-electron chi connectivity index (χ4n) is 1.76. The Labute approximate surface area is 135 Å². The average molecular weight is 327 g/mol. The summed E-state index contributed by atoms with van der Waals surface area (Å²) in [5.74, 6) is 0.552. The van der Waals surface area contributed by atoms with E-state index < -0.39 is 23.9 Å². The van der Waals surface area contributed by atoms with E-state index in [1.54, 1.807) is 45.0 Å². The average Bonchev–Trinajstić information content (AvgIpc) is 2.48. The van der Waals surface area contributed by atoms with Crippen LogP contribution in [0.3, 0.4) is 0 Å². The van der Waals surface area contributed by atoms with Crippen LogP contribution in [0.1, 0.15) is 32.4 Å². The number of hydrogen-bond acceptors (Lipinski definition) is 6. The topological polar surface area (TPSA) is 108 Å². The number of ether oxygens (including phenoxy) is 2. The number of amides is 1. The van der Waals surface area contributed by atoms with Crippen molar-refractivity contribution in [2.24, 2.45) is 0 Å². The van der Waals surface area contributed by atoms with E-state index in [2.05, 4.69) is 5.32 Å². The Balaban J connectivity index is 2.49. The van der Waals surface area contributed by atoms with Crippen molar-refractivity contribution in [3.05, 3.63) is 29.8 Å². The molecule has 0 spiro atoms. The molecule has 1 rings (SSSR count). The van der Waals surface area contributed by atoms with Gasteiger partial charge in [0.2, 0.25) is 0 Å². The smallest absolute Gasteiger partial charge is 0.407 e. The Hall–Kier alpha value is -1.83. The van der Waals surface area contributed by atoms with Crippen LogP contribution in [0, 0.1) is 0 Å². The molecule has 7 heteroatoms. The Morgan fingerprint density at radius 2 is 1.83 bits per heavy atom. The molecule has 0 saturated heterocycles. The molecular formula is C16H25NO6. The minimum absolute atomic E-state index is 0.0839. The number of hydrogen-bond donors (Lipinski definition) is 4. The van der Waals surface area contributed by atoms with Gasteiger partial charge in [0.1, 0.15) is 30.2 Å². The second-order valence-electron chi connectivity index (χ2n) is 6.04. The Bertz CT molecular complexity index is 482. The first kappa shape index (κ1) is 19.2. The zero-order chi connectivity index (χ0) is 17.5. The molecule has 1 amide bonds. The summed E-state index contributed by atoms with van der Waals surface area (Å²) in [4.78, 5) is 11.5. The molecule has 130 valence electrons. The number of carbonyl (C=O) groups is 1. The van der Waals surface area contributed by atoms with Gasteiger partial charge in [-0.2, -0.15) is 0 Å². The summed E-state index contributed by atoms with van der Waals surface area (Å²) in [7, 11) is 0. The molecule has 1 aromatic rings. The van der Waals surface area contributed by atoms with Crippen molar-refractivity contribution in [2.45, 2.75) is 38.6 Å². The maximum absolute atomic E-state index is 11.5. The van der Waals surface area contributed by atoms with E-state index in [9.17, 15) is 15.0 Å². The number of alkyl carbamates (subject to hydrolysis) is 1. The van der Waals surface area contributed by atoms with Gasteiger partial charge >= 0.3 is 6.09 Å². The largest absolute Gasteiger partial charge is 0.491 e. The van der Waals surface area contributed by atoms with Crippen LogP contribution in [0.2, 0.25) is 0 Å². The van der Waals surface area contributed by atoms with Crippen LogP contribution in [0.5, 0.6) is 5.75 Å². The Morgan fingerprint density at radius 3 is 2.35 bits per heavy atom. The molecule has 0 aliphatic rings. The molecule has 0 aliphatic heterocycles. The van der Waals surface area contributed by atoms with E-state index in [0.717, 1.165) is 0 Å². The number of aliphatic hydroxyl groups excluding tert-OH is 3. The predicted octanol–water partition coefficient (Wildman–Crippen LogP) is 0.977. The van der Waals surface area contributed by atoms with Crippen LogP contribution in [-0.4, -0.2) is 52.9 Å². The number of rotatable bonds is 7. The van der Waals surface area contributed by atoms with E-state index in [1.165, 1.54) is 0 Å². The molecular weight excluding hydrogens is 302 g/mol. The lowest BCUT2D eigenvalue weighted by atomic mass is 10.0. The van der Waals surface area contributed by atoms with Gasteiger partial charge in [-0.05, 0) is 38.5 Å². The number of aliphatic hydroxyl groups is 3. The normalized spacial score (nSPS) is 14.0. The lowest BCUT2D eigenvalue weighted by molar-refractivity contribution is 0.0129. The zero-order valence-electron chi connectivity index (χ0n) is 13.7. The van der Waals surface area contributed by atoms with Crippen LogP contribution in [-0.2, 0) is 4.74 Å². The summed E-state index contributed by atoms with van der Waals surface area (Å²) in [6.45, 7) is 5.16. The predicted molar refractivity (Wildman–Crippen MR) is 84.2 cm³/mol. The Morgan fingerprint density at radius 1 is 1.22 bits per heavy atom. The molecule has 4 N–H and O–H groups in total. The highest BCUT2D eigenvalue weighted by molar-refractivity contribution is 5.67. The standard InChI is InChI=1S/C16H25NO6/c1-16(2,3)23-15(21)17-10-13(19)14(20)11-4-6-12(7-5-11)22-9-8-18/h4-7,13-14,18-20H,8-10H2,1-3H3,(H,17,21). The summed E-state index contributed by atoms with van der Waals surface area (Å²) in [5.41, 5.74) is -0.141. The van der Waals surface area contributed by atoms with Gasteiger partial charge in [-0.1, -0.05) is 12.1 Å². The SMILES string of the molecule is CC(C)(C)OC(=O)NCC(O)C(O)c1ccc(OCCO)cc1. The Kier molecular flexibility index (Phi) is 7.28. The fourth-order valence-corrected chi connectivity index (χ4v) is 1.76. The van der Waals surface area contributed by atoms with Crippen molar-refractivity contribution in [3.63, 3.8) is 0 Å². The van der Waals surface area contributed by atoms with Gasteiger partial charge in [0, 0.05) is 6.54 Å². The highest BCUT2D eigenvalue weighted by atomic mass is 16.6. The first-order chi connectivity index (χ1) is 10.7. The molecule has 2 atom stereocenters. The molecule has 7 nitrogen and oxygen atoms in total. The third-order valence-corrected chi connectivity index (χ3v) is 2.80. The van der Waals surface area contributed by atoms with Crippen LogP contribution in [0.25, 0.3) is 0 Å². The molecule has 0 aliphatic carbocycles. The van der Waals surface area contributed by atoms with Crippen LogP contribution in [0.4, 0.5) is 4.79 Å². The molecule has 0 aromatic heterocycles.